The minimum Gasteiger partial charge on any atom is -0.367 e. The minimum atomic E-state index is -0.305. The molecule has 2 aromatic rings. The third-order valence-electron chi connectivity index (χ3n) is 3.10. The Balaban J connectivity index is 1.70. The van der Waals surface area contributed by atoms with E-state index in [1.165, 1.54) is 6.33 Å². The van der Waals surface area contributed by atoms with E-state index >= 15 is 0 Å². The van der Waals surface area contributed by atoms with Crippen LogP contribution < -0.4 is 10.6 Å². The zero-order valence-corrected chi connectivity index (χ0v) is 11.2. The van der Waals surface area contributed by atoms with Crippen molar-refractivity contribution >= 4 is 17.4 Å². The molecule has 1 fully saturated rings. The smallest absolute Gasteiger partial charge is 0.274 e. The molecule has 0 aliphatic heterocycles. The number of carbonyl (C=O) groups excluding carboxylic acids is 1. The van der Waals surface area contributed by atoms with Gasteiger partial charge < -0.3 is 10.6 Å². The average molecular weight is 279 g/mol. The van der Waals surface area contributed by atoms with Crippen LogP contribution in [0.5, 0.6) is 0 Å². The molecule has 2 N–H and O–H groups in total. The molecule has 0 atom stereocenters. The normalized spacial score (nSPS) is 13.3. The second kappa shape index (κ2) is 5.59. The molecule has 6 nitrogen and oxygen atoms in total. The first kappa shape index (κ1) is 13.1. The first-order valence-electron chi connectivity index (χ1n) is 6.65. The summed E-state index contributed by atoms with van der Waals surface area (Å²) in [5.74, 6) is 0.360. The van der Waals surface area contributed by atoms with Gasteiger partial charge in [-0.15, -0.1) is 0 Å². The third kappa shape index (κ3) is 3.34. The zero-order chi connectivity index (χ0) is 14.7. The molecule has 3 rings (SSSR count). The number of rotatable bonds is 4. The van der Waals surface area contributed by atoms with Crippen molar-refractivity contribution < 1.29 is 4.79 Å². The Hall–Kier alpha value is -2.94. The molecule has 6 heteroatoms. The van der Waals surface area contributed by atoms with Crippen LogP contribution in [0.25, 0.3) is 0 Å². The topological polar surface area (TPSA) is 90.7 Å². The fourth-order valence-corrected chi connectivity index (χ4v) is 1.82. The van der Waals surface area contributed by atoms with E-state index in [2.05, 4.69) is 20.6 Å². The second-order valence-electron chi connectivity index (χ2n) is 4.85. The van der Waals surface area contributed by atoms with E-state index in [0.717, 1.165) is 12.8 Å². The SMILES string of the molecule is N#Cc1ccc(NC(=O)c2cc(NC3CC3)ncn2)cc1. The van der Waals surface area contributed by atoms with E-state index in [-0.39, 0.29) is 5.91 Å². The average Bonchev–Trinajstić information content (AvgIpc) is 3.32. The highest BCUT2D eigenvalue weighted by Crippen LogP contribution is 2.23. The lowest BCUT2D eigenvalue weighted by Gasteiger charge is -2.07. The summed E-state index contributed by atoms with van der Waals surface area (Å²) in [6.45, 7) is 0. The summed E-state index contributed by atoms with van der Waals surface area (Å²) in [5, 5.41) is 14.7. The predicted molar refractivity (Wildman–Crippen MR) is 77.8 cm³/mol. The Kier molecular flexibility index (Phi) is 3.48. The number of nitrogens with one attached hydrogen (secondary N) is 2. The van der Waals surface area contributed by atoms with Crippen LogP contribution in [-0.2, 0) is 0 Å². The third-order valence-corrected chi connectivity index (χ3v) is 3.10. The number of amides is 1. The van der Waals surface area contributed by atoms with Crippen molar-refractivity contribution in [1.82, 2.24) is 9.97 Å². The number of nitrogens with zero attached hydrogens (tertiary/aromatic N) is 3. The molecular formula is C15H13N5O. The molecule has 1 aliphatic rings. The van der Waals surface area contributed by atoms with E-state index in [1.807, 2.05) is 6.07 Å². The summed E-state index contributed by atoms with van der Waals surface area (Å²) in [6, 6.07) is 10.8. The number of hydrogen-bond donors (Lipinski definition) is 2. The minimum absolute atomic E-state index is 0.303. The molecule has 0 spiro atoms. The molecule has 0 radical (unpaired) electrons. The Morgan fingerprint density at radius 3 is 2.67 bits per heavy atom. The van der Waals surface area contributed by atoms with Crippen molar-refractivity contribution in [3.05, 3.63) is 47.9 Å². The molecule has 0 unspecified atom stereocenters. The quantitative estimate of drug-likeness (QED) is 0.895. The molecule has 1 saturated carbocycles. The maximum Gasteiger partial charge on any atom is 0.274 e. The number of anilines is 2. The number of hydrogen-bond acceptors (Lipinski definition) is 5. The van der Waals surface area contributed by atoms with Gasteiger partial charge >= 0.3 is 0 Å². The van der Waals surface area contributed by atoms with Gasteiger partial charge in [-0.1, -0.05) is 0 Å². The summed E-state index contributed by atoms with van der Waals surface area (Å²) >= 11 is 0. The lowest BCUT2D eigenvalue weighted by Crippen LogP contribution is -2.15. The van der Waals surface area contributed by atoms with Crippen LogP contribution >= 0.6 is 0 Å². The molecule has 1 aromatic carbocycles. The Labute approximate surface area is 121 Å². The molecule has 1 aliphatic carbocycles. The van der Waals surface area contributed by atoms with Gasteiger partial charge in [0.25, 0.3) is 5.91 Å². The fourth-order valence-electron chi connectivity index (χ4n) is 1.82. The predicted octanol–water partition coefficient (Wildman–Crippen LogP) is 2.17. The van der Waals surface area contributed by atoms with Gasteiger partial charge in [0.2, 0.25) is 0 Å². The van der Waals surface area contributed by atoms with E-state index in [0.29, 0.717) is 28.8 Å². The summed E-state index contributed by atoms with van der Waals surface area (Å²) in [4.78, 5) is 20.2. The highest BCUT2D eigenvalue weighted by Gasteiger charge is 2.21. The van der Waals surface area contributed by atoms with Crippen molar-refractivity contribution in [3.63, 3.8) is 0 Å². The molecule has 104 valence electrons. The van der Waals surface area contributed by atoms with Crippen LogP contribution in [-0.4, -0.2) is 21.9 Å². The molecule has 21 heavy (non-hydrogen) atoms. The van der Waals surface area contributed by atoms with Gasteiger partial charge in [0.15, 0.2) is 0 Å². The second-order valence-corrected chi connectivity index (χ2v) is 4.85. The molecule has 1 heterocycles. The van der Waals surface area contributed by atoms with E-state index < -0.39 is 0 Å². The summed E-state index contributed by atoms with van der Waals surface area (Å²) in [7, 11) is 0. The maximum atomic E-state index is 12.1. The first-order valence-corrected chi connectivity index (χ1v) is 6.65. The molecular weight excluding hydrogens is 266 g/mol. The van der Waals surface area contributed by atoms with Crippen LogP contribution in [0.3, 0.4) is 0 Å². The monoisotopic (exact) mass is 279 g/mol. The Morgan fingerprint density at radius 2 is 2.00 bits per heavy atom. The van der Waals surface area contributed by atoms with Crippen LogP contribution in [0.15, 0.2) is 36.7 Å². The van der Waals surface area contributed by atoms with E-state index in [1.54, 1.807) is 30.3 Å². The highest BCUT2D eigenvalue weighted by atomic mass is 16.1. The maximum absolute atomic E-state index is 12.1. The van der Waals surface area contributed by atoms with Crippen LogP contribution in [0.1, 0.15) is 28.9 Å². The largest absolute Gasteiger partial charge is 0.367 e. The van der Waals surface area contributed by atoms with Gasteiger partial charge in [-0.05, 0) is 37.1 Å². The summed E-state index contributed by atoms with van der Waals surface area (Å²) in [5.41, 5.74) is 1.47. The van der Waals surface area contributed by atoms with Crippen LogP contribution in [0.4, 0.5) is 11.5 Å². The fraction of sp³-hybridized carbons (Fsp3) is 0.200. The highest BCUT2D eigenvalue weighted by molar-refractivity contribution is 6.03. The summed E-state index contributed by atoms with van der Waals surface area (Å²) in [6.07, 6.45) is 3.64. The van der Waals surface area contributed by atoms with Crippen molar-refractivity contribution in [2.45, 2.75) is 18.9 Å². The zero-order valence-electron chi connectivity index (χ0n) is 11.2. The van der Waals surface area contributed by atoms with Gasteiger partial charge in [-0.3, -0.25) is 4.79 Å². The van der Waals surface area contributed by atoms with Crippen molar-refractivity contribution in [2.75, 3.05) is 10.6 Å². The molecule has 0 bridgehead atoms. The van der Waals surface area contributed by atoms with Crippen molar-refractivity contribution in [1.29, 1.82) is 5.26 Å². The molecule has 1 aromatic heterocycles. The molecule has 0 saturated heterocycles. The molecule has 1 amide bonds. The lowest BCUT2D eigenvalue weighted by atomic mass is 10.2. The summed E-state index contributed by atoms with van der Waals surface area (Å²) < 4.78 is 0. The van der Waals surface area contributed by atoms with E-state index in [9.17, 15) is 4.79 Å². The van der Waals surface area contributed by atoms with Crippen molar-refractivity contribution in [2.24, 2.45) is 0 Å². The van der Waals surface area contributed by atoms with Gasteiger partial charge in [0.1, 0.15) is 17.8 Å². The standard InChI is InChI=1S/C15H13N5O/c16-8-10-1-3-12(4-2-10)20-15(21)13-7-14(18-9-17-13)19-11-5-6-11/h1-4,7,9,11H,5-6H2,(H,20,21)(H,17,18,19). The van der Waals surface area contributed by atoms with Crippen molar-refractivity contribution in [3.8, 4) is 6.07 Å². The Bertz CT molecular complexity index is 701. The number of nitriles is 1. The lowest BCUT2D eigenvalue weighted by molar-refractivity contribution is 0.102. The Morgan fingerprint density at radius 1 is 1.24 bits per heavy atom. The van der Waals surface area contributed by atoms with Crippen LogP contribution in [0, 0.1) is 11.3 Å². The first-order chi connectivity index (χ1) is 10.2. The van der Waals surface area contributed by atoms with Gasteiger partial charge in [0.05, 0.1) is 11.6 Å². The number of carbonyl (C=O) groups is 1. The van der Waals surface area contributed by atoms with E-state index in [4.69, 9.17) is 5.26 Å². The van der Waals surface area contributed by atoms with Gasteiger partial charge in [-0.2, -0.15) is 5.26 Å². The number of benzene rings is 1. The van der Waals surface area contributed by atoms with Gasteiger partial charge in [0, 0.05) is 17.8 Å². The van der Waals surface area contributed by atoms with Gasteiger partial charge in [-0.25, -0.2) is 9.97 Å². The van der Waals surface area contributed by atoms with Crippen LogP contribution in [0.2, 0.25) is 0 Å². The number of aromatic nitrogens is 2.